The number of pyridine rings is 1. The molecule has 3 rings (SSSR count). The van der Waals surface area contributed by atoms with Gasteiger partial charge in [-0.05, 0) is 37.6 Å². The molecule has 1 N–H and O–H groups in total. The third kappa shape index (κ3) is 4.90. The van der Waals surface area contributed by atoms with Crippen LogP contribution in [0.25, 0.3) is 11.2 Å². The van der Waals surface area contributed by atoms with Crippen LogP contribution >= 0.6 is 11.6 Å². The summed E-state index contributed by atoms with van der Waals surface area (Å²) in [6, 6.07) is 3.00. The number of fused-ring (bicyclic) bond motifs is 1. The Hall–Kier alpha value is -2.66. The van der Waals surface area contributed by atoms with Crippen LogP contribution in [-0.4, -0.2) is 44.3 Å². The molecule has 0 atom stereocenters. The second-order valence-corrected chi connectivity index (χ2v) is 9.78. The normalized spacial score (nSPS) is 12.3. The van der Waals surface area contributed by atoms with Crippen molar-refractivity contribution < 1.29 is 12.8 Å². The highest BCUT2D eigenvalue weighted by molar-refractivity contribution is 7.91. The van der Waals surface area contributed by atoms with E-state index in [1.807, 2.05) is 0 Å². The molecule has 30 heavy (non-hydrogen) atoms. The van der Waals surface area contributed by atoms with Gasteiger partial charge in [0.1, 0.15) is 11.2 Å². The van der Waals surface area contributed by atoms with E-state index in [1.54, 1.807) is 13.0 Å². The van der Waals surface area contributed by atoms with Gasteiger partial charge in [-0.1, -0.05) is 6.92 Å². The molecule has 0 amide bonds. The van der Waals surface area contributed by atoms with Gasteiger partial charge in [0.25, 0.3) is 5.56 Å². The summed E-state index contributed by atoms with van der Waals surface area (Å²) in [4.78, 5) is 29.2. The lowest BCUT2D eigenvalue weighted by Gasteiger charge is -2.18. The summed E-state index contributed by atoms with van der Waals surface area (Å²) in [5.41, 5.74) is -1.37. The van der Waals surface area contributed by atoms with Crippen molar-refractivity contribution in [3.8, 4) is 0 Å². The zero-order valence-electron chi connectivity index (χ0n) is 16.6. The zero-order chi connectivity index (χ0) is 22.1. The van der Waals surface area contributed by atoms with Gasteiger partial charge in [0.05, 0.1) is 35.6 Å². The third-order valence-electron chi connectivity index (χ3n) is 4.16. The Labute approximate surface area is 177 Å². The van der Waals surface area contributed by atoms with Crippen LogP contribution in [0.5, 0.6) is 0 Å². The lowest BCUT2D eigenvalue weighted by atomic mass is 10.2. The van der Waals surface area contributed by atoms with E-state index < -0.39 is 21.1 Å². The molecular formula is C18H20ClFN6O3S. The molecule has 3 aromatic heterocycles. The first-order valence-electron chi connectivity index (χ1n) is 9.04. The van der Waals surface area contributed by atoms with Crippen LogP contribution in [0.1, 0.15) is 26.5 Å². The smallest absolute Gasteiger partial charge is 0.295 e. The zero-order valence-corrected chi connectivity index (χ0v) is 18.1. The van der Waals surface area contributed by atoms with Gasteiger partial charge in [-0.2, -0.15) is 4.98 Å². The molecule has 12 heteroatoms. The van der Waals surface area contributed by atoms with Crippen LogP contribution < -0.4 is 10.9 Å². The monoisotopic (exact) mass is 454 g/mol. The van der Waals surface area contributed by atoms with E-state index in [1.165, 1.54) is 32.3 Å². The maximum atomic E-state index is 14.3. The first-order chi connectivity index (χ1) is 14.0. The lowest BCUT2D eigenvalue weighted by molar-refractivity contribution is 0.186. The predicted molar refractivity (Wildman–Crippen MR) is 111 cm³/mol. The highest BCUT2D eigenvalue weighted by atomic mass is 35.5. The number of hydrogen-bond acceptors (Lipinski definition) is 8. The van der Waals surface area contributed by atoms with Crippen molar-refractivity contribution in [2.45, 2.75) is 44.4 Å². The second kappa shape index (κ2) is 8.23. The van der Waals surface area contributed by atoms with Gasteiger partial charge in [-0.3, -0.25) is 14.3 Å². The van der Waals surface area contributed by atoms with Crippen LogP contribution in [0.4, 0.5) is 10.2 Å². The molecule has 0 bridgehead atoms. The third-order valence-corrected chi connectivity index (χ3v) is 6.07. The Morgan fingerprint density at radius 3 is 2.53 bits per heavy atom. The standard InChI is InChI=1S/C18H20ClFN6O3S/c1-4-30(28,29)12-6-5-11(21-8-12)7-22-14-16(27)26(10-18(2,3)20)15-13(24-14)9-23-17(19)25-15/h5-6,8-9H,4,7,10H2,1-3H3,(H,22,24). The van der Waals surface area contributed by atoms with Crippen molar-refractivity contribution in [1.82, 2.24) is 24.5 Å². The van der Waals surface area contributed by atoms with Crippen LogP contribution in [0, 0.1) is 0 Å². The summed E-state index contributed by atoms with van der Waals surface area (Å²) >= 11 is 5.82. The summed E-state index contributed by atoms with van der Waals surface area (Å²) in [7, 11) is -3.35. The Kier molecular flexibility index (Phi) is 6.04. The van der Waals surface area contributed by atoms with E-state index in [0.29, 0.717) is 5.69 Å². The van der Waals surface area contributed by atoms with E-state index in [9.17, 15) is 17.6 Å². The van der Waals surface area contributed by atoms with Gasteiger partial charge >= 0.3 is 0 Å². The first-order valence-corrected chi connectivity index (χ1v) is 11.1. The number of anilines is 1. The number of rotatable bonds is 7. The topological polar surface area (TPSA) is 120 Å². The number of halogens is 2. The molecule has 3 heterocycles. The second-order valence-electron chi connectivity index (χ2n) is 7.16. The summed E-state index contributed by atoms with van der Waals surface area (Å²) in [5.74, 6) is -0.0613. The molecule has 0 aliphatic heterocycles. The van der Waals surface area contributed by atoms with Crippen molar-refractivity contribution in [2.24, 2.45) is 0 Å². The van der Waals surface area contributed by atoms with Gasteiger partial charge in [-0.25, -0.2) is 22.8 Å². The minimum Gasteiger partial charge on any atom is -0.360 e. The molecule has 0 unspecified atom stereocenters. The number of nitrogens with one attached hydrogen (secondary N) is 1. The Balaban J connectivity index is 1.94. The van der Waals surface area contributed by atoms with Crippen LogP contribution in [0.2, 0.25) is 5.28 Å². The van der Waals surface area contributed by atoms with Crippen LogP contribution in [-0.2, 0) is 22.9 Å². The molecule has 0 aliphatic rings. The van der Waals surface area contributed by atoms with Crippen molar-refractivity contribution in [2.75, 3.05) is 11.1 Å². The summed E-state index contributed by atoms with van der Waals surface area (Å²) in [6.45, 7) is 4.09. The molecule has 0 saturated heterocycles. The highest BCUT2D eigenvalue weighted by Crippen LogP contribution is 2.17. The van der Waals surface area contributed by atoms with Crippen molar-refractivity contribution in [1.29, 1.82) is 0 Å². The molecule has 0 radical (unpaired) electrons. The highest BCUT2D eigenvalue weighted by Gasteiger charge is 2.22. The van der Waals surface area contributed by atoms with Crippen LogP contribution in [0.15, 0.2) is 34.2 Å². The molecular weight excluding hydrogens is 435 g/mol. The predicted octanol–water partition coefficient (Wildman–Crippen LogP) is 2.39. The molecule has 0 spiro atoms. The van der Waals surface area contributed by atoms with E-state index in [0.717, 1.165) is 4.57 Å². The largest absolute Gasteiger partial charge is 0.360 e. The summed E-state index contributed by atoms with van der Waals surface area (Å²) < 4.78 is 39.2. The molecule has 0 aliphatic carbocycles. The van der Waals surface area contributed by atoms with E-state index in [2.05, 4.69) is 25.3 Å². The van der Waals surface area contributed by atoms with Crippen LogP contribution in [0.3, 0.4) is 0 Å². The summed E-state index contributed by atoms with van der Waals surface area (Å²) in [6.07, 6.45) is 2.61. The minimum absolute atomic E-state index is 0.0240. The number of alkyl halides is 1. The SMILES string of the molecule is CCS(=O)(=O)c1ccc(CNc2nc3cnc(Cl)nc3n(CC(C)(C)F)c2=O)nc1. The van der Waals surface area contributed by atoms with Crippen molar-refractivity contribution >= 4 is 38.4 Å². The molecule has 9 nitrogen and oxygen atoms in total. The van der Waals surface area contributed by atoms with Crippen molar-refractivity contribution in [3.63, 3.8) is 0 Å². The molecule has 0 fully saturated rings. The maximum absolute atomic E-state index is 14.3. The lowest BCUT2D eigenvalue weighted by Crippen LogP contribution is -2.32. The Morgan fingerprint density at radius 2 is 1.93 bits per heavy atom. The molecule has 160 valence electrons. The fraction of sp³-hybridized carbons (Fsp3) is 0.389. The average Bonchev–Trinajstić information content (AvgIpc) is 2.68. The average molecular weight is 455 g/mol. The Bertz CT molecular complexity index is 1240. The molecule has 3 aromatic rings. The van der Waals surface area contributed by atoms with Gasteiger partial charge in [0, 0.05) is 6.20 Å². The van der Waals surface area contributed by atoms with E-state index >= 15 is 0 Å². The molecule has 0 saturated carbocycles. The number of nitrogens with zero attached hydrogens (tertiary/aromatic N) is 5. The maximum Gasteiger partial charge on any atom is 0.295 e. The number of hydrogen-bond donors (Lipinski definition) is 1. The van der Waals surface area contributed by atoms with Gasteiger partial charge < -0.3 is 5.32 Å². The van der Waals surface area contributed by atoms with Gasteiger partial charge in [-0.15, -0.1) is 0 Å². The minimum atomic E-state index is -3.35. The Morgan fingerprint density at radius 1 is 1.20 bits per heavy atom. The van der Waals surface area contributed by atoms with Gasteiger partial charge in [0.2, 0.25) is 5.28 Å². The quantitative estimate of drug-likeness (QED) is 0.540. The van der Waals surface area contributed by atoms with Gasteiger partial charge in [0.15, 0.2) is 21.3 Å². The fourth-order valence-corrected chi connectivity index (χ4v) is 3.64. The fourth-order valence-electron chi connectivity index (χ4n) is 2.69. The summed E-state index contributed by atoms with van der Waals surface area (Å²) in [5, 5.41) is 2.78. The van der Waals surface area contributed by atoms with Crippen molar-refractivity contribution in [3.05, 3.63) is 45.9 Å². The number of aromatic nitrogens is 5. The number of sulfone groups is 1. The first kappa shape index (κ1) is 22.0. The van der Waals surface area contributed by atoms with E-state index in [-0.39, 0.29) is 46.0 Å². The molecule has 0 aromatic carbocycles. The van der Waals surface area contributed by atoms with E-state index in [4.69, 9.17) is 11.6 Å².